The largest absolute Gasteiger partial charge is 0.550 e. The van der Waals surface area contributed by atoms with Crippen molar-refractivity contribution >= 4 is 5.97 Å². The predicted molar refractivity (Wildman–Crippen MR) is 47.6 cm³/mol. The first-order chi connectivity index (χ1) is 5.77. The topological polar surface area (TPSA) is 40.1 Å². The molecule has 0 heterocycles. The third kappa shape index (κ3) is 15.2. The first-order valence-corrected chi connectivity index (χ1v) is 4.97. The van der Waals surface area contributed by atoms with E-state index >= 15 is 0 Å². The fourth-order valence-corrected chi connectivity index (χ4v) is 1.23. The van der Waals surface area contributed by atoms with Crippen LogP contribution in [0.3, 0.4) is 0 Å². The summed E-state index contributed by atoms with van der Waals surface area (Å²) in [6.07, 6.45) is 8.34. The molecule has 2 nitrogen and oxygen atoms in total. The maximum absolute atomic E-state index is 10.0. The maximum Gasteiger partial charge on any atom is 0.0414 e. The van der Waals surface area contributed by atoms with Crippen LogP contribution in [-0.4, -0.2) is 5.97 Å². The number of unbranched alkanes of at least 4 members (excludes halogenated alkanes) is 6. The third-order valence-electron chi connectivity index (χ3n) is 1.98. The Morgan fingerprint density at radius 3 is 1.92 bits per heavy atom. The molecule has 3 heteroatoms. The summed E-state index contributed by atoms with van der Waals surface area (Å²) in [6.45, 7) is 2.19. The van der Waals surface area contributed by atoms with Crippen LogP contribution in [0.2, 0.25) is 0 Å². The van der Waals surface area contributed by atoms with Gasteiger partial charge in [0.25, 0.3) is 0 Å². The summed E-state index contributed by atoms with van der Waals surface area (Å²) < 4.78 is 0. The van der Waals surface area contributed by atoms with Crippen molar-refractivity contribution in [2.75, 3.05) is 0 Å². The molecule has 0 radical (unpaired) electrons. The van der Waals surface area contributed by atoms with Crippen LogP contribution in [0.15, 0.2) is 0 Å². The van der Waals surface area contributed by atoms with E-state index in [2.05, 4.69) is 6.92 Å². The van der Waals surface area contributed by atoms with Crippen molar-refractivity contribution in [1.82, 2.24) is 0 Å². The van der Waals surface area contributed by atoms with Crippen molar-refractivity contribution in [3.63, 3.8) is 0 Å². The number of rotatable bonds is 8. The molecule has 0 spiro atoms. The number of carboxylic acids is 1. The molecule has 0 aliphatic carbocycles. The van der Waals surface area contributed by atoms with Crippen LogP contribution in [0.25, 0.3) is 0 Å². The Kier molecular flexibility index (Phi) is 15.1. The average molecular weight is 284 g/mol. The van der Waals surface area contributed by atoms with Gasteiger partial charge in [-0.2, -0.15) is 0 Å². The van der Waals surface area contributed by atoms with Gasteiger partial charge in [-0.25, -0.2) is 0 Å². The van der Waals surface area contributed by atoms with Gasteiger partial charge < -0.3 is 9.90 Å². The SMILES string of the molecule is CCCCCCCCCC(=O)[O-].[Cd]. The standard InChI is InChI=1S/C10H20O2.Cd/c1-2-3-4-5-6-7-8-9-10(11)12;/h2-9H2,1H3,(H,11,12);/p-1. The van der Waals surface area contributed by atoms with Crippen molar-refractivity contribution in [3.05, 3.63) is 0 Å². The van der Waals surface area contributed by atoms with Crippen molar-refractivity contribution in [2.45, 2.75) is 58.3 Å². The van der Waals surface area contributed by atoms with Crippen molar-refractivity contribution in [2.24, 2.45) is 0 Å². The molecule has 74 valence electrons. The number of carbonyl (C=O) groups is 1. The fraction of sp³-hybridized carbons (Fsp3) is 0.900. The van der Waals surface area contributed by atoms with E-state index in [-0.39, 0.29) is 33.7 Å². The molecule has 0 aromatic rings. The minimum absolute atomic E-state index is 0. The second-order valence-electron chi connectivity index (χ2n) is 3.24. The van der Waals surface area contributed by atoms with Crippen LogP contribution in [0.5, 0.6) is 0 Å². The average Bonchev–Trinajstić information content (AvgIpc) is 2.02. The van der Waals surface area contributed by atoms with E-state index in [1.54, 1.807) is 0 Å². The molecule has 0 bridgehead atoms. The van der Waals surface area contributed by atoms with Crippen LogP contribution < -0.4 is 5.11 Å². The van der Waals surface area contributed by atoms with Gasteiger partial charge in [-0.3, -0.25) is 0 Å². The molecule has 0 saturated carbocycles. The van der Waals surface area contributed by atoms with E-state index in [9.17, 15) is 9.90 Å². The normalized spacial score (nSPS) is 9.31. The first kappa shape index (κ1) is 15.8. The number of hydrogen-bond donors (Lipinski definition) is 0. The number of carbonyl (C=O) groups excluding carboxylic acids is 1. The van der Waals surface area contributed by atoms with Crippen LogP contribution in [-0.2, 0) is 32.1 Å². The predicted octanol–water partition coefficient (Wildman–Crippen LogP) is 1.87. The van der Waals surface area contributed by atoms with Crippen LogP contribution >= 0.6 is 0 Å². The molecule has 0 atom stereocenters. The Labute approximate surface area is 101 Å². The Morgan fingerprint density at radius 1 is 1.00 bits per heavy atom. The van der Waals surface area contributed by atoms with Gasteiger partial charge in [0.1, 0.15) is 0 Å². The Hall–Kier alpha value is 0.392. The van der Waals surface area contributed by atoms with Gasteiger partial charge in [0.05, 0.1) is 0 Å². The second-order valence-corrected chi connectivity index (χ2v) is 3.24. The summed E-state index contributed by atoms with van der Waals surface area (Å²) >= 11 is 0. The third-order valence-corrected chi connectivity index (χ3v) is 1.98. The number of aliphatic carboxylic acids is 1. The number of hydrogen-bond acceptors (Lipinski definition) is 2. The molecular formula is C10H19CdO2-. The second kappa shape index (κ2) is 12.4. The monoisotopic (exact) mass is 285 g/mol. The molecule has 0 aromatic heterocycles. The van der Waals surface area contributed by atoms with Crippen LogP contribution in [0, 0.1) is 0 Å². The molecule has 0 amide bonds. The Bertz CT molecular complexity index is 115. The minimum atomic E-state index is -0.913. The molecule has 0 N–H and O–H groups in total. The van der Waals surface area contributed by atoms with Gasteiger partial charge in [0.2, 0.25) is 0 Å². The summed E-state index contributed by atoms with van der Waals surface area (Å²) in [5.41, 5.74) is 0. The smallest absolute Gasteiger partial charge is 0.0414 e. The number of carboxylic acid groups (broad SMARTS) is 1. The van der Waals surface area contributed by atoms with Gasteiger partial charge >= 0.3 is 0 Å². The van der Waals surface area contributed by atoms with E-state index in [1.807, 2.05) is 0 Å². The quantitative estimate of drug-likeness (QED) is 0.504. The van der Waals surface area contributed by atoms with Gasteiger partial charge in [0.15, 0.2) is 0 Å². The van der Waals surface area contributed by atoms with Crippen LogP contribution in [0.1, 0.15) is 58.3 Å². The van der Waals surface area contributed by atoms with Gasteiger partial charge in [-0.15, -0.1) is 0 Å². The summed E-state index contributed by atoms with van der Waals surface area (Å²) in [4.78, 5) is 10.0. The van der Waals surface area contributed by atoms with E-state index in [4.69, 9.17) is 0 Å². The van der Waals surface area contributed by atoms with Gasteiger partial charge in [0, 0.05) is 33.3 Å². The van der Waals surface area contributed by atoms with E-state index in [0.29, 0.717) is 0 Å². The zero-order chi connectivity index (χ0) is 9.23. The van der Waals surface area contributed by atoms with E-state index < -0.39 is 5.97 Å². The molecule has 0 rings (SSSR count). The van der Waals surface area contributed by atoms with Crippen LogP contribution in [0.4, 0.5) is 0 Å². The molecule has 0 aliphatic rings. The van der Waals surface area contributed by atoms with E-state index in [0.717, 1.165) is 12.8 Å². The summed E-state index contributed by atoms with van der Waals surface area (Å²) in [7, 11) is 0. The molecule has 0 aliphatic heterocycles. The first-order valence-electron chi connectivity index (χ1n) is 4.97. The Balaban J connectivity index is 0. The molecular weight excluding hydrogens is 265 g/mol. The van der Waals surface area contributed by atoms with Crippen molar-refractivity contribution in [1.29, 1.82) is 0 Å². The molecule has 0 saturated heterocycles. The molecule has 0 aromatic carbocycles. The summed E-state index contributed by atoms with van der Waals surface area (Å²) in [6, 6.07) is 0. The molecule has 0 fully saturated rings. The van der Waals surface area contributed by atoms with Crippen molar-refractivity contribution < 1.29 is 37.2 Å². The summed E-state index contributed by atoms with van der Waals surface area (Å²) in [5.74, 6) is -0.913. The van der Waals surface area contributed by atoms with Gasteiger partial charge in [-0.1, -0.05) is 45.4 Å². The summed E-state index contributed by atoms with van der Waals surface area (Å²) in [5, 5.41) is 10.0. The zero-order valence-electron chi connectivity index (χ0n) is 8.68. The maximum atomic E-state index is 10.0. The van der Waals surface area contributed by atoms with Gasteiger partial charge in [-0.05, 0) is 12.8 Å². The Morgan fingerprint density at radius 2 is 1.46 bits per heavy atom. The minimum Gasteiger partial charge on any atom is -0.550 e. The molecule has 13 heavy (non-hydrogen) atoms. The van der Waals surface area contributed by atoms with E-state index in [1.165, 1.54) is 32.1 Å². The molecule has 0 unspecified atom stereocenters. The fourth-order valence-electron chi connectivity index (χ4n) is 1.23. The van der Waals surface area contributed by atoms with Crippen molar-refractivity contribution in [3.8, 4) is 0 Å². The zero-order valence-corrected chi connectivity index (χ0v) is 12.7.